The average Bonchev–Trinajstić information content (AvgIpc) is 3.07. The van der Waals surface area contributed by atoms with Gasteiger partial charge in [-0.1, -0.05) is 66.7 Å². The highest BCUT2D eigenvalue weighted by Gasteiger charge is 2.36. The number of benzene rings is 3. The lowest BCUT2D eigenvalue weighted by Gasteiger charge is -2.18. The first kappa shape index (κ1) is 17.0. The lowest BCUT2D eigenvalue weighted by molar-refractivity contribution is -0.124. The number of rotatable bonds is 4. The first-order valence-corrected chi connectivity index (χ1v) is 8.91. The first-order chi connectivity index (χ1) is 13.2. The molecule has 4 rings (SSSR count). The van der Waals surface area contributed by atoms with Gasteiger partial charge in [-0.25, -0.2) is 9.69 Å². The van der Waals surface area contributed by atoms with Crippen molar-refractivity contribution in [2.75, 3.05) is 6.61 Å². The maximum atomic E-state index is 12.6. The fourth-order valence-corrected chi connectivity index (χ4v) is 3.33. The molecule has 0 bridgehead atoms. The van der Waals surface area contributed by atoms with Crippen LogP contribution in [-0.2, 0) is 16.0 Å². The van der Waals surface area contributed by atoms with Crippen LogP contribution in [-0.4, -0.2) is 29.5 Å². The molecule has 27 heavy (non-hydrogen) atoms. The lowest BCUT2D eigenvalue weighted by atomic mass is 10.1. The number of carbonyl (C=O) groups is 2. The molecule has 3 aromatic rings. The summed E-state index contributed by atoms with van der Waals surface area (Å²) in [6.07, 6.45) is 3.18. The molecule has 1 fully saturated rings. The predicted molar refractivity (Wildman–Crippen MR) is 105 cm³/mol. The second-order valence-electron chi connectivity index (χ2n) is 6.57. The molecule has 0 aromatic heterocycles. The topological polar surface area (TPSA) is 46.6 Å². The Morgan fingerprint density at radius 1 is 1.00 bits per heavy atom. The van der Waals surface area contributed by atoms with Gasteiger partial charge in [-0.2, -0.15) is 0 Å². The van der Waals surface area contributed by atoms with E-state index in [1.54, 1.807) is 6.08 Å². The molecule has 134 valence electrons. The summed E-state index contributed by atoms with van der Waals surface area (Å²) in [7, 11) is 0. The van der Waals surface area contributed by atoms with Crippen molar-refractivity contribution in [2.24, 2.45) is 0 Å². The highest BCUT2D eigenvalue weighted by atomic mass is 16.6. The summed E-state index contributed by atoms with van der Waals surface area (Å²) >= 11 is 0. The van der Waals surface area contributed by atoms with Crippen molar-refractivity contribution < 1.29 is 14.3 Å². The molecule has 0 radical (unpaired) electrons. The summed E-state index contributed by atoms with van der Waals surface area (Å²) in [6, 6.07) is 23.5. The molecule has 2 amide bonds. The van der Waals surface area contributed by atoms with E-state index in [2.05, 4.69) is 0 Å². The lowest BCUT2D eigenvalue weighted by Crippen LogP contribution is -2.39. The SMILES string of the molecule is O=C(/C=C/c1ccc2ccccc2c1)N1C(=O)OCC1Cc1ccccc1. The third-order valence-electron chi connectivity index (χ3n) is 4.70. The zero-order valence-corrected chi connectivity index (χ0v) is 14.7. The molecule has 1 unspecified atom stereocenters. The van der Waals surface area contributed by atoms with Crippen molar-refractivity contribution in [1.82, 2.24) is 4.90 Å². The molecular weight excluding hydrogens is 338 g/mol. The van der Waals surface area contributed by atoms with Gasteiger partial charge < -0.3 is 4.74 Å². The number of carbonyl (C=O) groups excluding carboxylic acids is 2. The average molecular weight is 357 g/mol. The predicted octanol–water partition coefficient (Wildman–Crippen LogP) is 4.44. The quantitative estimate of drug-likeness (QED) is 0.649. The van der Waals surface area contributed by atoms with Crippen molar-refractivity contribution in [3.8, 4) is 0 Å². The summed E-state index contributed by atoms with van der Waals surface area (Å²) in [6.45, 7) is 0.225. The van der Waals surface area contributed by atoms with E-state index in [9.17, 15) is 9.59 Å². The van der Waals surface area contributed by atoms with E-state index in [-0.39, 0.29) is 18.6 Å². The van der Waals surface area contributed by atoms with Crippen LogP contribution in [0.25, 0.3) is 16.8 Å². The molecule has 0 saturated carbocycles. The molecule has 4 nitrogen and oxygen atoms in total. The van der Waals surface area contributed by atoms with Crippen LogP contribution in [0.4, 0.5) is 4.79 Å². The van der Waals surface area contributed by atoms with Gasteiger partial charge in [-0.05, 0) is 40.5 Å². The van der Waals surface area contributed by atoms with Crippen LogP contribution < -0.4 is 0 Å². The molecular formula is C23H19NO3. The number of hydrogen-bond donors (Lipinski definition) is 0. The van der Waals surface area contributed by atoms with Gasteiger partial charge >= 0.3 is 6.09 Å². The Labute approximate surface area is 157 Å². The molecule has 4 heteroatoms. The highest BCUT2D eigenvalue weighted by Crippen LogP contribution is 2.19. The maximum Gasteiger partial charge on any atom is 0.417 e. The normalized spacial score (nSPS) is 16.8. The minimum atomic E-state index is -0.580. The Bertz CT molecular complexity index is 1010. The molecule has 1 aliphatic rings. The van der Waals surface area contributed by atoms with Crippen molar-refractivity contribution in [3.63, 3.8) is 0 Å². The Morgan fingerprint density at radius 3 is 2.56 bits per heavy atom. The van der Waals surface area contributed by atoms with Gasteiger partial charge in [0.1, 0.15) is 6.61 Å². The van der Waals surface area contributed by atoms with Gasteiger partial charge in [-0.15, -0.1) is 0 Å². The summed E-state index contributed by atoms with van der Waals surface area (Å²) < 4.78 is 5.11. The molecule has 1 heterocycles. The van der Waals surface area contributed by atoms with E-state index >= 15 is 0 Å². The van der Waals surface area contributed by atoms with E-state index < -0.39 is 6.09 Å². The summed E-state index contributed by atoms with van der Waals surface area (Å²) in [5.41, 5.74) is 1.98. The molecule has 1 atom stereocenters. The van der Waals surface area contributed by atoms with E-state index in [0.717, 1.165) is 21.9 Å². The van der Waals surface area contributed by atoms with E-state index in [1.165, 1.54) is 11.0 Å². The van der Waals surface area contributed by atoms with E-state index in [0.29, 0.717) is 6.42 Å². The fourth-order valence-electron chi connectivity index (χ4n) is 3.33. The van der Waals surface area contributed by atoms with E-state index in [1.807, 2.05) is 72.8 Å². The standard InChI is InChI=1S/C23H19NO3/c25-22(13-11-18-10-12-19-8-4-5-9-20(19)14-18)24-21(16-27-23(24)26)15-17-6-2-1-3-7-17/h1-14,21H,15-16H2/b13-11+. The minimum Gasteiger partial charge on any atom is -0.447 e. The smallest absolute Gasteiger partial charge is 0.417 e. The Hall–Kier alpha value is -3.40. The Kier molecular flexibility index (Phi) is 4.71. The summed E-state index contributed by atoms with van der Waals surface area (Å²) in [5, 5.41) is 2.25. The Morgan fingerprint density at radius 2 is 1.74 bits per heavy atom. The summed E-state index contributed by atoms with van der Waals surface area (Å²) in [5.74, 6) is -0.355. The van der Waals surface area contributed by atoms with Gasteiger partial charge in [0.25, 0.3) is 5.91 Å². The van der Waals surface area contributed by atoms with Crippen molar-refractivity contribution >= 4 is 28.8 Å². The van der Waals surface area contributed by atoms with Crippen LogP contribution in [0.2, 0.25) is 0 Å². The fraction of sp³-hybridized carbons (Fsp3) is 0.130. The van der Waals surface area contributed by atoms with Crippen LogP contribution in [0.5, 0.6) is 0 Å². The van der Waals surface area contributed by atoms with Gasteiger partial charge in [0, 0.05) is 6.08 Å². The Balaban J connectivity index is 1.51. The second-order valence-corrected chi connectivity index (χ2v) is 6.57. The summed E-state index contributed by atoms with van der Waals surface area (Å²) in [4.78, 5) is 25.9. The number of nitrogens with zero attached hydrogens (tertiary/aromatic N) is 1. The molecule has 0 N–H and O–H groups in total. The number of hydrogen-bond acceptors (Lipinski definition) is 3. The van der Waals surface area contributed by atoms with Crippen LogP contribution >= 0.6 is 0 Å². The molecule has 1 saturated heterocycles. The molecule has 1 aliphatic heterocycles. The van der Waals surface area contributed by atoms with Gasteiger partial charge in [-0.3, -0.25) is 4.79 Å². The van der Waals surface area contributed by atoms with Gasteiger partial charge in [0.15, 0.2) is 0 Å². The zero-order chi connectivity index (χ0) is 18.6. The number of ether oxygens (including phenoxy) is 1. The van der Waals surface area contributed by atoms with Crippen molar-refractivity contribution in [1.29, 1.82) is 0 Å². The minimum absolute atomic E-state index is 0.225. The third-order valence-corrected chi connectivity index (χ3v) is 4.70. The van der Waals surface area contributed by atoms with Crippen molar-refractivity contribution in [3.05, 3.63) is 90.0 Å². The number of amides is 2. The molecule has 3 aromatic carbocycles. The highest BCUT2D eigenvalue weighted by molar-refractivity contribution is 6.02. The number of fused-ring (bicyclic) bond motifs is 1. The molecule has 0 aliphatic carbocycles. The van der Waals surface area contributed by atoms with Crippen LogP contribution in [0.1, 0.15) is 11.1 Å². The molecule has 0 spiro atoms. The van der Waals surface area contributed by atoms with Crippen LogP contribution in [0.3, 0.4) is 0 Å². The van der Waals surface area contributed by atoms with Crippen LogP contribution in [0, 0.1) is 0 Å². The number of cyclic esters (lactones) is 1. The first-order valence-electron chi connectivity index (χ1n) is 8.91. The van der Waals surface area contributed by atoms with Crippen LogP contribution in [0.15, 0.2) is 78.9 Å². The largest absolute Gasteiger partial charge is 0.447 e. The monoisotopic (exact) mass is 357 g/mol. The van der Waals surface area contributed by atoms with E-state index in [4.69, 9.17) is 4.74 Å². The second kappa shape index (κ2) is 7.46. The van der Waals surface area contributed by atoms with Gasteiger partial charge in [0.05, 0.1) is 6.04 Å². The third kappa shape index (κ3) is 3.75. The van der Waals surface area contributed by atoms with Gasteiger partial charge in [0.2, 0.25) is 0 Å². The zero-order valence-electron chi connectivity index (χ0n) is 14.7. The van der Waals surface area contributed by atoms with Crippen molar-refractivity contribution in [2.45, 2.75) is 12.5 Å². The maximum absolute atomic E-state index is 12.6. The number of imide groups is 1.